The maximum absolute atomic E-state index is 12.3. The first-order valence-corrected chi connectivity index (χ1v) is 8.92. The van der Waals surface area contributed by atoms with E-state index < -0.39 is 12.1 Å². The number of methoxy groups -OCH3 is 1. The molecule has 0 saturated heterocycles. The second kappa shape index (κ2) is 8.94. The molecule has 1 fully saturated rings. The molecule has 3 N–H and O–H groups in total. The van der Waals surface area contributed by atoms with Gasteiger partial charge < -0.3 is 20.5 Å². The molecular formula is C18H25ClN2O4. The van der Waals surface area contributed by atoms with Crippen LogP contribution in [0.1, 0.15) is 49.4 Å². The summed E-state index contributed by atoms with van der Waals surface area (Å²) in [6.45, 7) is 2.16. The van der Waals surface area contributed by atoms with Crippen LogP contribution in [0.3, 0.4) is 0 Å². The van der Waals surface area contributed by atoms with Crippen molar-refractivity contribution >= 4 is 29.2 Å². The van der Waals surface area contributed by atoms with Crippen LogP contribution in [-0.4, -0.2) is 31.6 Å². The van der Waals surface area contributed by atoms with Crippen LogP contribution in [-0.2, 0) is 9.53 Å². The van der Waals surface area contributed by atoms with Crippen molar-refractivity contribution in [1.82, 2.24) is 5.32 Å². The Kier molecular flexibility index (Phi) is 6.93. The number of esters is 1. The van der Waals surface area contributed by atoms with E-state index in [1.807, 2.05) is 0 Å². The van der Waals surface area contributed by atoms with Gasteiger partial charge in [0.05, 0.1) is 17.8 Å². The summed E-state index contributed by atoms with van der Waals surface area (Å²) in [5.41, 5.74) is 6.13. The lowest BCUT2D eigenvalue weighted by Crippen LogP contribution is -2.38. The Morgan fingerprint density at radius 2 is 2.00 bits per heavy atom. The lowest BCUT2D eigenvalue weighted by atomic mass is 9.89. The molecule has 1 aliphatic carbocycles. The Morgan fingerprint density at radius 1 is 1.32 bits per heavy atom. The monoisotopic (exact) mass is 368 g/mol. The fraction of sp³-hybridized carbons (Fsp3) is 0.556. The van der Waals surface area contributed by atoms with Gasteiger partial charge in [0.2, 0.25) is 0 Å². The lowest BCUT2D eigenvalue weighted by Gasteiger charge is -2.22. The molecule has 7 heteroatoms. The smallest absolute Gasteiger partial charge is 0.342 e. The first-order valence-electron chi connectivity index (χ1n) is 8.54. The van der Waals surface area contributed by atoms with Crippen molar-refractivity contribution in [1.29, 1.82) is 0 Å². The van der Waals surface area contributed by atoms with E-state index in [4.69, 9.17) is 26.8 Å². The van der Waals surface area contributed by atoms with Crippen molar-refractivity contribution in [3.05, 3.63) is 22.7 Å². The van der Waals surface area contributed by atoms with E-state index in [0.717, 1.165) is 12.8 Å². The second-order valence-corrected chi connectivity index (χ2v) is 6.78. The van der Waals surface area contributed by atoms with Crippen LogP contribution < -0.4 is 15.8 Å². The molecule has 1 aliphatic rings. The Balaban J connectivity index is 1.92. The predicted octanol–water partition coefficient (Wildman–Crippen LogP) is 3.17. The number of halogens is 1. The zero-order valence-electron chi connectivity index (χ0n) is 14.6. The highest BCUT2D eigenvalue weighted by Crippen LogP contribution is 2.29. The first-order chi connectivity index (χ1) is 11.9. The van der Waals surface area contributed by atoms with E-state index in [-0.39, 0.29) is 22.2 Å². The highest BCUT2D eigenvalue weighted by Gasteiger charge is 2.23. The number of nitrogen functional groups attached to an aromatic ring is 1. The number of amides is 1. The third kappa shape index (κ3) is 5.26. The fourth-order valence-corrected chi connectivity index (χ4v) is 3.12. The van der Waals surface area contributed by atoms with Gasteiger partial charge >= 0.3 is 5.97 Å². The average Bonchev–Trinajstić information content (AvgIpc) is 2.62. The van der Waals surface area contributed by atoms with Gasteiger partial charge in [-0.15, -0.1) is 0 Å². The minimum Gasteiger partial charge on any atom is -0.496 e. The number of carbonyl (C=O) groups excluding carboxylic acids is 2. The number of rotatable bonds is 6. The van der Waals surface area contributed by atoms with Crippen LogP contribution in [0.4, 0.5) is 5.69 Å². The highest BCUT2D eigenvalue weighted by atomic mass is 35.5. The number of nitrogens with one attached hydrogen (secondary N) is 1. The van der Waals surface area contributed by atoms with Crippen LogP contribution in [0.15, 0.2) is 12.1 Å². The zero-order chi connectivity index (χ0) is 18.4. The average molecular weight is 369 g/mol. The molecule has 1 aromatic carbocycles. The van der Waals surface area contributed by atoms with Crippen molar-refractivity contribution in [2.75, 3.05) is 19.4 Å². The van der Waals surface area contributed by atoms with Gasteiger partial charge in [0, 0.05) is 12.6 Å². The molecule has 0 spiro atoms. The van der Waals surface area contributed by atoms with Crippen molar-refractivity contribution in [3.63, 3.8) is 0 Å². The third-order valence-corrected chi connectivity index (χ3v) is 4.81. The first kappa shape index (κ1) is 19.4. The molecule has 0 aliphatic heterocycles. The van der Waals surface area contributed by atoms with Crippen molar-refractivity contribution in [2.45, 2.75) is 45.1 Å². The molecule has 0 radical (unpaired) electrons. The fourth-order valence-electron chi connectivity index (χ4n) is 2.95. The second-order valence-electron chi connectivity index (χ2n) is 6.37. The van der Waals surface area contributed by atoms with Crippen molar-refractivity contribution in [3.8, 4) is 5.75 Å². The molecule has 138 valence electrons. The molecular weight excluding hydrogens is 344 g/mol. The van der Waals surface area contributed by atoms with Gasteiger partial charge in [-0.3, -0.25) is 4.79 Å². The summed E-state index contributed by atoms with van der Waals surface area (Å²) in [5, 5.41) is 3.09. The molecule has 2 rings (SSSR count). The van der Waals surface area contributed by atoms with Gasteiger partial charge in [-0.05, 0) is 31.7 Å². The Labute approximate surface area is 153 Å². The number of carbonyl (C=O) groups is 2. The van der Waals surface area contributed by atoms with Crippen molar-refractivity contribution < 1.29 is 19.1 Å². The molecule has 6 nitrogen and oxygen atoms in total. The summed E-state index contributed by atoms with van der Waals surface area (Å²) >= 11 is 5.95. The number of anilines is 1. The summed E-state index contributed by atoms with van der Waals surface area (Å²) in [7, 11) is 1.42. The number of ether oxygens (including phenoxy) is 2. The largest absolute Gasteiger partial charge is 0.496 e. The van der Waals surface area contributed by atoms with Gasteiger partial charge in [-0.1, -0.05) is 30.9 Å². The van der Waals surface area contributed by atoms with E-state index >= 15 is 0 Å². The van der Waals surface area contributed by atoms with Crippen LogP contribution in [0.2, 0.25) is 5.02 Å². The van der Waals surface area contributed by atoms with E-state index in [9.17, 15) is 9.59 Å². The van der Waals surface area contributed by atoms with Crippen molar-refractivity contribution in [2.24, 2.45) is 5.92 Å². The number of hydrogen-bond acceptors (Lipinski definition) is 5. The van der Waals surface area contributed by atoms with Crippen LogP contribution in [0, 0.1) is 5.92 Å². The highest BCUT2D eigenvalue weighted by molar-refractivity contribution is 6.33. The lowest BCUT2D eigenvalue weighted by molar-refractivity contribution is -0.129. The topological polar surface area (TPSA) is 90.7 Å². The molecule has 1 amide bonds. The maximum atomic E-state index is 12.3. The van der Waals surface area contributed by atoms with Gasteiger partial charge in [0.15, 0.2) is 6.10 Å². The normalized spacial score (nSPS) is 16.1. The standard InChI is InChI=1S/C18H25ClN2O4/c1-11(17(22)21-10-12-6-4-3-5-7-12)25-18(23)13-8-14(19)15(20)9-16(13)24-2/h8-9,11-12H,3-7,10,20H2,1-2H3,(H,21,22)/t11-/m0/s1. The van der Waals surface area contributed by atoms with E-state index in [1.165, 1.54) is 38.5 Å². The summed E-state index contributed by atoms with van der Waals surface area (Å²) in [6, 6.07) is 2.83. The molecule has 25 heavy (non-hydrogen) atoms. The third-order valence-electron chi connectivity index (χ3n) is 4.48. The van der Waals surface area contributed by atoms with Crippen LogP contribution >= 0.6 is 11.6 Å². The van der Waals surface area contributed by atoms with E-state index in [0.29, 0.717) is 18.2 Å². The van der Waals surface area contributed by atoms with E-state index in [1.54, 1.807) is 6.92 Å². The minimum atomic E-state index is -0.905. The molecule has 0 heterocycles. The molecule has 1 saturated carbocycles. The quantitative estimate of drug-likeness (QED) is 0.594. The van der Waals surface area contributed by atoms with Crippen LogP contribution in [0.5, 0.6) is 5.75 Å². The number of hydrogen-bond donors (Lipinski definition) is 2. The minimum absolute atomic E-state index is 0.133. The Bertz CT molecular complexity index is 630. The number of benzene rings is 1. The van der Waals surface area contributed by atoms with Gasteiger partial charge in [-0.2, -0.15) is 0 Å². The van der Waals surface area contributed by atoms with Gasteiger partial charge in [0.1, 0.15) is 11.3 Å². The van der Waals surface area contributed by atoms with Gasteiger partial charge in [-0.25, -0.2) is 4.79 Å². The molecule has 0 bridgehead atoms. The maximum Gasteiger partial charge on any atom is 0.342 e. The predicted molar refractivity (Wildman–Crippen MR) is 96.9 cm³/mol. The van der Waals surface area contributed by atoms with Crippen LogP contribution in [0.25, 0.3) is 0 Å². The van der Waals surface area contributed by atoms with Gasteiger partial charge in [0.25, 0.3) is 5.91 Å². The number of nitrogens with two attached hydrogens (primary N) is 1. The molecule has 1 atom stereocenters. The molecule has 1 aromatic rings. The summed E-state index contributed by atoms with van der Waals surface area (Å²) < 4.78 is 10.4. The van der Waals surface area contributed by atoms with E-state index in [2.05, 4.69) is 5.32 Å². The molecule has 0 unspecified atom stereocenters. The zero-order valence-corrected chi connectivity index (χ0v) is 15.4. The summed E-state index contributed by atoms with van der Waals surface area (Å²) in [5.74, 6) is -0.225. The Morgan fingerprint density at radius 3 is 2.64 bits per heavy atom. The Hall–Kier alpha value is -1.95. The SMILES string of the molecule is COc1cc(N)c(Cl)cc1C(=O)O[C@@H](C)C(=O)NCC1CCCCC1. The summed E-state index contributed by atoms with van der Waals surface area (Å²) in [4.78, 5) is 24.5. The summed E-state index contributed by atoms with van der Waals surface area (Å²) in [6.07, 6.45) is 5.05. The molecule has 0 aromatic heterocycles.